The van der Waals surface area contributed by atoms with Crippen LogP contribution in [0.1, 0.15) is 13.3 Å². The number of rotatable bonds is 3. The fourth-order valence-electron chi connectivity index (χ4n) is 1.16. The molecule has 3 heteroatoms. The van der Waals surface area contributed by atoms with Crippen molar-refractivity contribution in [1.82, 2.24) is 0 Å². The maximum atomic E-state index is 9.86. The molecule has 0 amide bonds. The van der Waals surface area contributed by atoms with Gasteiger partial charge in [0.2, 0.25) is 0 Å². The Kier molecular flexibility index (Phi) is 3.68. The van der Waals surface area contributed by atoms with Crippen molar-refractivity contribution in [2.75, 3.05) is 0 Å². The van der Waals surface area contributed by atoms with Crippen LogP contribution in [0.5, 0.6) is 0 Å². The van der Waals surface area contributed by atoms with E-state index in [1.807, 2.05) is 37.3 Å². The second-order valence-corrected chi connectivity index (χ2v) is 4.89. The molecule has 13 heavy (non-hydrogen) atoms. The Morgan fingerprint density at radius 2 is 2.08 bits per heavy atom. The Labute approximate surface area is 80.2 Å². The molecular formula is C10H12NOSi. The first kappa shape index (κ1) is 9.97. The van der Waals surface area contributed by atoms with Crippen molar-refractivity contribution in [2.45, 2.75) is 18.9 Å². The quantitative estimate of drug-likeness (QED) is 0.727. The zero-order valence-electron chi connectivity index (χ0n) is 7.57. The van der Waals surface area contributed by atoms with Crippen molar-refractivity contribution in [1.29, 1.82) is 5.26 Å². The van der Waals surface area contributed by atoms with Crippen LogP contribution in [0.15, 0.2) is 30.3 Å². The average Bonchev–Trinajstić information content (AvgIpc) is 2.21. The lowest BCUT2D eigenvalue weighted by Gasteiger charge is -2.11. The largest absolute Gasteiger partial charge is 0.426 e. The van der Waals surface area contributed by atoms with Gasteiger partial charge in [0.25, 0.3) is 9.04 Å². The molecule has 1 aromatic carbocycles. The van der Waals surface area contributed by atoms with Crippen LogP contribution in [0.25, 0.3) is 0 Å². The highest BCUT2D eigenvalue weighted by Crippen LogP contribution is 2.11. The summed E-state index contributed by atoms with van der Waals surface area (Å²) in [5.74, 6) is 0. The molecule has 0 aromatic heterocycles. The van der Waals surface area contributed by atoms with Crippen molar-refractivity contribution in [2.24, 2.45) is 0 Å². The van der Waals surface area contributed by atoms with E-state index >= 15 is 0 Å². The second kappa shape index (κ2) is 4.80. The SMILES string of the molecule is CCC(C#N)[Si](O)c1ccccc1. The van der Waals surface area contributed by atoms with E-state index in [0.717, 1.165) is 11.6 Å². The van der Waals surface area contributed by atoms with Gasteiger partial charge in [-0.2, -0.15) is 5.26 Å². The minimum Gasteiger partial charge on any atom is -0.426 e. The molecule has 1 N–H and O–H groups in total. The normalized spacial score (nSPS) is 12.5. The third-order valence-corrected chi connectivity index (χ3v) is 4.09. The molecule has 0 spiro atoms. The number of hydrogen-bond acceptors (Lipinski definition) is 2. The van der Waals surface area contributed by atoms with E-state index in [1.54, 1.807) is 0 Å². The fourth-order valence-corrected chi connectivity index (χ4v) is 2.60. The highest BCUT2D eigenvalue weighted by Gasteiger charge is 2.22. The summed E-state index contributed by atoms with van der Waals surface area (Å²) in [5, 5.41) is 9.69. The number of nitriles is 1. The van der Waals surface area contributed by atoms with E-state index in [2.05, 4.69) is 6.07 Å². The predicted molar refractivity (Wildman–Crippen MR) is 53.7 cm³/mol. The molecule has 0 bridgehead atoms. The van der Waals surface area contributed by atoms with E-state index in [1.165, 1.54) is 0 Å². The van der Waals surface area contributed by atoms with Gasteiger partial charge in [0.05, 0.1) is 11.6 Å². The lowest BCUT2D eigenvalue weighted by Crippen LogP contribution is -2.34. The summed E-state index contributed by atoms with van der Waals surface area (Å²) in [4.78, 5) is 9.86. The summed E-state index contributed by atoms with van der Waals surface area (Å²) in [6, 6.07) is 11.6. The summed E-state index contributed by atoms with van der Waals surface area (Å²) in [6.45, 7) is 1.93. The van der Waals surface area contributed by atoms with Gasteiger partial charge in [0.1, 0.15) is 0 Å². The van der Waals surface area contributed by atoms with Gasteiger partial charge in [-0.25, -0.2) is 0 Å². The standard InChI is InChI=1S/C10H12NOSi/c1-2-9(8-11)13(12)10-6-4-3-5-7-10/h3-7,9,12H,2H2,1H3. The van der Waals surface area contributed by atoms with Crippen molar-refractivity contribution in [3.63, 3.8) is 0 Å². The summed E-state index contributed by atoms with van der Waals surface area (Å²) >= 11 is 0. The molecular weight excluding hydrogens is 178 g/mol. The molecule has 1 radical (unpaired) electrons. The van der Waals surface area contributed by atoms with Crippen molar-refractivity contribution < 1.29 is 4.80 Å². The maximum absolute atomic E-state index is 9.86. The van der Waals surface area contributed by atoms with Crippen LogP contribution in [0.3, 0.4) is 0 Å². The lowest BCUT2D eigenvalue weighted by molar-refractivity contribution is 0.569. The molecule has 0 saturated heterocycles. The van der Waals surface area contributed by atoms with Gasteiger partial charge in [-0.3, -0.25) is 0 Å². The van der Waals surface area contributed by atoms with Gasteiger partial charge in [-0.1, -0.05) is 37.3 Å². The van der Waals surface area contributed by atoms with Gasteiger partial charge in [0, 0.05) is 0 Å². The van der Waals surface area contributed by atoms with Gasteiger partial charge in [0.15, 0.2) is 0 Å². The molecule has 2 nitrogen and oxygen atoms in total. The zero-order valence-corrected chi connectivity index (χ0v) is 8.57. The molecule has 1 rings (SSSR count). The maximum Gasteiger partial charge on any atom is 0.261 e. The van der Waals surface area contributed by atoms with Gasteiger partial charge in [-0.15, -0.1) is 0 Å². The van der Waals surface area contributed by atoms with Crippen LogP contribution in [-0.2, 0) is 0 Å². The molecule has 0 fully saturated rings. The average molecular weight is 190 g/mol. The fraction of sp³-hybridized carbons (Fsp3) is 0.300. The second-order valence-electron chi connectivity index (χ2n) is 2.84. The van der Waals surface area contributed by atoms with Crippen molar-refractivity contribution in [3.05, 3.63) is 30.3 Å². The van der Waals surface area contributed by atoms with Crippen molar-refractivity contribution in [3.8, 4) is 6.07 Å². The minimum atomic E-state index is -1.67. The summed E-state index contributed by atoms with van der Waals surface area (Å²) in [6.07, 6.45) is 0.718. The summed E-state index contributed by atoms with van der Waals surface area (Å²) in [5.41, 5.74) is -0.201. The zero-order chi connectivity index (χ0) is 9.68. The topological polar surface area (TPSA) is 44.0 Å². The van der Waals surface area contributed by atoms with E-state index in [-0.39, 0.29) is 5.54 Å². The first-order valence-corrected chi connectivity index (χ1v) is 5.83. The molecule has 0 saturated carbocycles. The third-order valence-electron chi connectivity index (χ3n) is 1.96. The number of benzene rings is 1. The van der Waals surface area contributed by atoms with E-state index < -0.39 is 9.04 Å². The monoisotopic (exact) mass is 190 g/mol. The number of nitrogens with zero attached hydrogens (tertiary/aromatic N) is 1. The predicted octanol–water partition coefficient (Wildman–Crippen LogP) is 1.18. The van der Waals surface area contributed by atoms with Crippen LogP contribution in [0.4, 0.5) is 0 Å². The molecule has 1 atom stereocenters. The molecule has 0 aliphatic rings. The van der Waals surface area contributed by atoms with Gasteiger partial charge < -0.3 is 4.80 Å². The molecule has 0 heterocycles. The molecule has 0 aliphatic heterocycles. The van der Waals surface area contributed by atoms with E-state index in [4.69, 9.17) is 5.26 Å². The third kappa shape index (κ3) is 2.41. The Balaban J connectivity index is 2.79. The van der Waals surface area contributed by atoms with Crippen molar-refractivity contribution >= 4 is 14.2 Å². The van der Waals surface area contributed by atoms with Crippen LogP contribution < -0.4 is 5.19 Å². The first-order chi connectivity index (χ1) is 6.29. The smallest absolute Gasteiger partial charge is 0.261 e. The summed E-state index contributed by atoms with van der Waals surface area (Å²) in [7, 11) is -1.67. The Morgan fingerprint density at radius 1 is 1.46 bits per heavy atom. The Bertz CT molecular complexity index is 294. The Hall–Kier alpha value is -1.11. The highest BCUT2D eigenvalue weighted by atomic mass is 28.3. The molecule has 67 valence electrons. The summed E-state index contributed by atoms with van der Waals surface area (Å²) < 4.78 is 0. The van der Waals surface area contributed by atoms with Gasteiger partial charge in [-0.05, 0) is 11.6 Å². The highest BCUT2D eigenvalue weighted by molar-refractivity contribution is 6.68. The lowest BCUT2D eigenvalue weighted by atomic mass is 10.3. The Morgan fingerprint density at radius 3 is 2.54 bits per heavy atom. The first-order valence-electron chi connectivity index (χ1n) is 4.30. The molecule has 1 unspecified atom stereocenters. The van der Waals surface area contributed by atoms with Crippen LogP contribution >= 0.6 is 0 Å². The molecule has 0 aliphatic carbocycles. The van der Waals surface area contributed by atoms with Crippen LogP contribution in [0.2, 0.25) is 5.54 Å². The van der Waals surface area contributed by atoms with Gasteiger partial charge >= 0.3 is 0 Å². The van der Waals surface area contributed by atoms with E-state index in [9.17, 15) is 4.80 Å². The van der Waals surface area contributed by atoms with Crippen LogP contribution in [-0.4, -0.2) is 13.8 Å². The number of hydrogen-bond donors (Lipinski definition) is 1. The van der Waals surface area contributed by atoms with E-state index in [0.29, 0.717) is 0 Å². The van der Waals surface area contributed by atoms with Crippen LogP contribution in [0, 0.1) is 11.3 Å². The minimum absolute atomic E-state index is 0.201. The molecule has 1 aromatic rings.